The first-order valence-electron chi connectivity index (χ1n) is 11.9. The lowest BCUT2D eigenvalue weighted by Gasteiger charge is -2.33. The van der Waals surface area contributed by atoms with Gasteiger partial charge in [0.2, 0.25) is 5.91 Å². The van der Waals surface area contributed by atoms with Crippen molar-refractivity contribution in [2.75, 3.05) is 25.5 Å². The smallest absolute Gasteiger partial charge is 0.414 e. The first kappa shape index (κ1) is 28.1. The van der Waals surface area contributed by atoms with E-state index in [4.69, 9.17) is 9.47 Å². The molecule has 2 heterocycles. The molecule has 0 saturated carbocycles. The van der Waals surface area contributed by atoms with E-state index in [9.17, 15) is 22.8 Å². The van der Waals surface area contributed by atoms with Crippen molar-refractivity contribution in [2.45, 2.75) is 56.8 Å². The molecule has 37 heavy (non-hydrogen) atoms. The Balaban J connectivity index is 1.96. The molecule has 1 fully saturated rings. The van der Waals surface area contributed by atoms with Crippen LogP contribution in [0.3, 0.4) is 0 Å². The second kappa shape index (κ2) is 11.7. The van der Waals surface area contributed by atoms with Crippen LogP contribution in [0.1, 0.15) is 33.6 Å². The molecule has 2 atom stereocenters. The minimum Gasteiger partial charge on any atom is -0.461 e. The predicted molar refractivity (Wildman–Crippen MR) is 135 cm³/mol. The van der Waals surface area contributed by atoms with Gasteiger partial charge in [-0.3, -0.25) is 9.69 Å². The highest BCUT2D eigenvalue weighted by atomic mass is 32.2. The van der Waals surface area contributed by atoms with Crippen molar-refractivity contribution < 1.29 is 32.3 Å². The molecule has 0 N–H and O–H groups in total. The molecule has 2 aromatic rings. The minimum absolute atomic E-state index is 0.146. The van der Waals surface area contributed by atoms with Crippen molar-refractivity contribution in [3.8, 4) is 5.75 Å². The molecular weight excluding hydrogens is 500 g/mol. The molecule has 0 radical (unpaired) electrons. The second-order valence-electron chi connectivity index (χ2n) is 9.07. The molecular formula is C25H32N4O7S. The second-order valence-corrected chi connectivity index (χ2v) is 10.9. The van der Waals surface area contributed by atoms with Crippen molar-refractivity contribution in [2.24, 2.45) is 0 Å². The number of carbonyl (C=O) groups excluding carboxylic acids is 3. The van der Waals surface area contributed by atoms with E-state index in [1.165, 1.54) is 53.3 Å². The normalized spacial score (nSPS) is 16.8. The van der Waals surface area contributed by atoms with E-state index < -0.39 is 46.2 Å². The van der Waals surface area contributed by atoms with Gasteiger partial charge >= 0.3 is 12.1 Å². The number of aromatic nitrogens is 1. The maximum absolute atomic E-state index is 13.9. The summed E-state index contributed by atoms with van der Waals surface area (Å²) >= 11 is 0. The van der Waals surface area contributed by atoms with Crippen LogP contribution in [0.4, 0.5) is 10.5 Å². The van der Waals surface area contributed by atoms with Gasteiger partial charge in [0.1, 0.15) is 17.8 Å². The molecule has 1 aromatic carbocycles. The Bertz CT molecular complexity index is 1220. The largest absolute Gasteiger partial charge is 0.461 e. The molecule has 0 unspecified atom stereocenters. The minimum atomic E-state index is -4.05. The van der Waals surface area contributed by atoms with Crippen LogP contribution in [0.25, 0.3) is 0 Å². The lowest BCUT2D eigenvalue weighted by molar-refractivity contribution is -0.149. The number of hydrogen-bond donors (Lipinski definition) is 0. The van der Waals surface area contributed by atoms with Crippen molar-refractivity contribution in [1.82, 2.24) is 14.2 Å². The highest BCUT2D eigenvalue weighted by Gasteiger charge is 2.44. The molecule has 0 aliphatic carbocycles. The third kappa shape index (κ3) is 6.44. The summed E-state index contributed by atoms with van der Waals surface area (Å²) in [6.07, 6.45) is 1.15. The molecule has 1 aliphatic heterocycles. The number of esters is 1. The van der Waals surface area contributed by atoms with Gasteiger partial charge in [-0.05, 0) is 70.0 Å². The van der Waals surface area contributed by atoms with Gasteiger partial charge in [-0.15, -0.1) is 0 Å². The fourth-order valence-electron chi connectivity index (χ4n) is 3.90. The van der Waals surface area contributed by atoms with Gasteiger partial charge in [-0.1, -0.05) is 6.07 Å². The predicted octanol–water partition coefficient (Wildman–Crippen LogP) is 2.67. The summed E-state index contributed by atoms with van der Waals surface area (Å²) in [6.45, 7) is 5.06. The average molecular weight is 533 g/mol. The molecule has 1 aromatic heterocycles. The van der Waals surface area contributed by atoms with Gasteiger partial charge in [0.05, 0.1) is 6.10 Å². The fourth-order valence-corrected chi connectivity index (χ4v) is 5.48. The maximum Gasteiger partial charge on any atom is 0.414 e. The van der Waals surface area contributed by atoms with E-state index in [0.717, 1.165) is 4.31 Å². The number of hydrogen-bond acceptors (Lipinski definition) is 8. The number of benzene rings is 1. The van der Waals surface area contributed by atoms with E-state index >= 15 is 0 Å². The van der Waals surface area contributed by atoms with Crippen LogP contribution in [0, 0.1) is 0 Å². The first-order valence-corrected chi connectivity index (χ1v) is 13.3. The van der Waals surface area contributed by atoms with Crippen LogP contribution in [0.15, 0.2) is 53.7 Å². The monoisotopic (exact) mass is 532 g/mol. The summed E-state index contributed by atoms with van der Waals surface area (Å²) in [5.41, 5.74) is 0.324. The van der Waals surface area contributed by atoms with Crippen molar-refractivity contribution >= 4 is 33.7 Å². The van der Waals surface area contributed by atoms with E-state index in [-0.39, 0.29) is 23.7 Å². The lowest BCUT2D eigenvalue weighted by atomic mass is 10.1. The molecule has 0 spiro atoms. The van der Waals surface area contributed by atoms with Gasteiger partial charge < -0.3 is 14.4 Å². The van der Waals surface area contributed by atoms with Gasteiger partial charge in [0.15, 0.2) is 5.03 Å². The van der Waals surface area contributed by atoms with Gasteiger partial charge in [-0.25, -0.2) is 23.0 Å². The van der Waals surface area contributed by atoms with Crippen LogP contribution in [0.5, 0.6) is 5.75 Å². The zero-order valence-electron chi connectivity index (χ0n) is 21.5. The van der Waals surface area contributed by atoms with E-state index in [0.29, 0.717) is 12.1 Å². The van der Waals surface area contributed by atoms with Crippen LogP contribution in [-0.2, 0) is 24.3 Å². The zero-order valence-corrected chi connectivity index (χ0v) is 22.3. The summed E-state index contributed by atoms with van der Waals surface area (Å²) in [7, 11) is -0.951. The highest BCUT2D eigenvalue weighted by molar-refractivity contribution is 7.89. The van der Waals surface area contributed by atoms with E-state index in [2.05, 4.69) is 4.98 Å². The average Bonchev–Trinajstić information content (AvgIpc) is 3.36. The number of amides is 2. The summed E-state index contributed by atoms with van der Waals surface area (Å²) in [6, 6.07) is 8.51. The number of anilines is 1. The summed E-state index contributed by atoms with van der Waals surface area (Å²) < 4.78 is 38.3. The lowest BCUT2D eigenvalue weighted by Crippen LogP contribution is -2.53. The van der Waals surface area contributed by atoms with Gasteiger partial charge in [0, 0.05) is 32.5 Å². The molecule has 200 valence electrons. The fraction of sp³-hybridized carbons (Fsp3) is 0.440. The van der Waals surface area contributed by atoms with Crippen molar-refractivity contribution in [3.05, 3.63) is 48.7 Å². The zero-order chi connectivity index (χ0) is 27.3. The number of pyridine rings is 1. The Morgan fingerprint density at radius 2 is 1.73 bits per heavy atom. The summed E-state index contributed by atoms with van der Waals surface area (Å²) in [4.78, 5) is 45.1. The highest BCUT2D eigenvalue weighted by Crippen LogP contribution is 2.30. The Hall–Kier alpha value is -3.51. The maximum atomic E-state index is 13.9. The Kier molecular flexibility index (Phi) is 8.87. The molecule has 0 bridgehead atoms. The van der Waals surface area contributed by atoms with Gasteiger partial charge in [-0.2, -0.15) is 4.31 Å². The quantitative estimate of drug-likeness (QED) is 0.475. The number of carbonyl (C=O) groups is 3. The van der Waals surface area contributed by atoms with Gasteiger partial charge in [0.25, 0.3) is 10.0 Å². The summed E-state index contributed by atoms with van der Waals surface area (Å²) in [5.74, 6) is -0.959. The van der Waals surface area contributed by atoms with Crippen LogP contribution >= 0.6 is 0 Å². The first-order chi connectivity index (χ1) is 17.4. The number of ether oxygens (including phenoxy) is 2. The Labute approximate surface area is 217 Å². The van der Waals surface area contributed by atoms with Crippen LogP contribution in [-0.4, -0.2) is 79.4 Å². The third-order valence-electron chi connectivity index (χ3n) is 5.70. The van der Waals surface area contributed by atoms with E-state index in [1.54, 1.807) is 40.1 Å². The van der Waals surface area contributed by atoms with Crippen LogP contribution in [0.2, 0.25) is 0 Å². The third-order valence-corrected chi connectivity index (χ3v) is 7.53. The standard InChI is InChI=1S/C25H32N4O7S/c1-17(2)35-24(31)18(3)29(19-11-13-20(14-12-19)36-25(32)27(4)5)23(30)21-9-8-16-28(21)37(33,34)22-10-6-7-15-26-22/h6-7,10-15,17-18,21H,8-9,16H2,1-5H3/t18-,21-/m0/s1. The molecule has 1 aliphatic rings. The molecule has 11 nitrogen and oxygen atoms in total. The molecule has 2 amide bonds. The SMILES string of the molecule is CC(C)OC(=O)[C@H](C)N(C(=O)[C@@H]1CCCN1S(=O)(=O)c1ccccn1)c1ccc(OC(=O)N(C)C)cc1. The van der Waals surface area contributed by atoms with E-state index in [1.807, 2.05) is 0 Å². The number of rotatable bonds is 8. The van der Waals surface area contributed by atoms with Crippen LogP contribution < -0.4 is 9.64 Å². The summed E-state index contributed by atoms with van der Waals surface area (Å²) in [5, 5.41) is -0.152. The van der Waals surface area contributed by atoms with Crippen molar-refractivity contribution in [1.29, 1.82) is 0 Å². The molecule has 12 heteroatoms. The van der Waals surface area contributed by atoms with Crippen molar-refractivity contribution in [3.63, 3.8) is 0 Å². The number of sulfonamides is 1. The molecule has 3 rings (SSSR count). The molecule has 1 saturated heterocycles. The Morgan fingerprint density at radius 3 is 2.30 bits per heavy atom. The topological polar surface area (TPSA) is 126 Å². The Morgan fingerprint density at radius 1 is 1.05 bits per heavy atom. The number of nitrogens with zero attached hydrogens (tertiary/aromatic N) is 4.